The van der Waals surface area contributed by atoms with E-state index in [2.05, 4.69) is 35.7 Å². The number of ether oxygens (including phenoxy) is 1. The summed E-state index contributed by atoms with van der Waals surface area (Å²) in [5.74, 6) is -2.14. The van der Waals surface area contributed by atoms with Crippen LogP contribution in [0.3, 0.4) is 0 Å². The van der Waals surface area contributed by atoms with Crippen LogP contribution in [0.1, 0.15) is 40.5 Å². The van der Waals surface area contributed by atoms with Crippen molar-refractivity contribution in [1.29, 1.82) is 0 Å². The topological polar surface area (TPSA) is 145 Å². The van der Waals surface area contributed by atoms with Crippen molar-refractivity contribution in [2.75, 3.05) is 13.2 Å². The molecule has 200 valence electrons. The van der Waals surface area contributed by atoms with E-state index in [1.165, 1.54) is 37.1 Å². The number of aromatic nitrogens is 5. The summed E-state index contributed by atoms with van der Waals surface area (Å²) in [6.45, 7) is 4.73. The van der Waals surface area contributed by atoms with E-state index in [1.807, 2.05) is 0 Å². The fourth-order valence-corrected chi connectivity index (χ4v) is 4.19. The fraction of sp³-hybridized carbons (Fsp3) is 0.269. The predicted octanol–water partition coefficient (Wildman–Crippen LogP) is 2.86. The number of aryl methyl sites for hydroxylation is 2. The summed E-state index contributed by atoms with van der Waals surface area (Å²) < 4.78 is 40.5. The summed E-state index contributed by atoms with van der Waals surface area (Å²) in [4.78, 5) is 41.6. The van der Waals surface area contributed by atoms with E-state index in [4.69, 9.17) is 9.26 Å². The second-order valence-electron chi connectivity index (χ2n) is 9.25. The van der Waals surface area contributed by atoms with Gasteiger partial charge < -0.3 is 19.9 Å². The Labute approximate surface area is 221 Å². The number of halogens is 2. The third-order valence-corrected chi connectivity index (χ3v) is 6.23. The van der Waals surface area contributed by atoms with Gasteiger partial charge in [0.05, 0.1) is 36.1 Å². The number of benzene rings is 1. The average Bonchev–Trinajstić information content (AvgIpc) is 3.31. The van der Waals surface area contributed by atoms with Crippen LogP contribution >= 0.6 is 0 Å². The number of carbonyl (C=O) groups is 2. The normalized spacial score (nSPS) is 14.8. The van der Waals surface area contributed by atoms with Crippen LogP contribution < -0.4 is 10.6 Å². The second kappa shape index (κ2) is 10.3. The molecule has 0 unspecified atom stereocenters. The molecule has 4 aromatic rings. The maximum Gasteiger partial charge on any atom is 0.255 e. The molecule has 0 aliphatic carbocycles. The minimum atomic E-state index is -1.34. The van der Waals surface area contributed by atoms with Gasteiger partial charge in [0, 0.05) is 31.1 Å². The zero-order chi connectivity index (χ0) is 27.7. The van der Waals surface area contributed by atoms with Crippen molar-refractivity contribution in [2.45, 2.75) is 32.4 Å². The summed E-state index contributed by atoms with van der Waals surface area (Å²) in [5, 5.41) is 9.16. The minimum Gasteiger partial charge on any atom is -0.375 e. The first kappa shape index (κ1) is 26.0. The summed E-state index contributed by atoms with van der Waals surface area (Å²) in [6.07, 6.45) is 5.30. The number of hydrogen-bond donors (Lipinski definition) is 2. The van der Waals surface area contributed by atoms with Gasteiger partial charge in [0.25, 0.3) is 11.8 Å². The molecule has 0 bridgehead atoms. The van der Waals surface area contributed by atoms with E-state index in [0.29, 0.717) is 11.1 Å². The monoisotopic (exact) mass is 535 g/mol. The van der Waals surface area contributed by atoms with Crippen molar-refractivity contribution in [3.63, 3.8) is 0 Å². The van der Waals surface area contributed by atoms with Gasteiger partial charge in [0.2, 0.25) is 11.7 Å². The van der Waals surface area contributed by atoms with Crippen molar-refractivity contribution < 1.29 is 27.6 Å². The van der Waals surface area contributed by atoms with Crippen LogP contribution in [0.2, 0.25) is 0 Å². The van der Waals surface area contributed by atoms with Crippen molar-refractivity contribution in [3.8, 4) is 22.5 Å². The molecule has 1 fully saturated rings. The van der Waals surface area contributed by atoms with Crippen LogP contribution in [-0.4, -0.2) is 55.7 Å². The summed E-state index contributed by atoms with van der Waals surface area (Å²) >= 11 is 0. The van der Waals surface area contributed by atoms with Gasteiger partial charge in [0.15, 0.2) is 5.54 Å². The molecule has 4 heterocycles. The molecular formula is C26H23F2N7O4. The molecule has 1 aromatic carbocycles. The molecule has 2 amide bonds. The first-order valence-electron chi connectivity index (χ1n) is 11.9. The molecule has 1 saturated heterocycles. The van der Waals surface area contributed by atoms with Crippen LogP contribution in [0, 0.1) is 25.5 Å². The molecule has 1 atom stereocenters. The number of pyridine rings is 1. The van der Waals surface area contributed by atoms with Gasteiger partial charge in [-0.25, -0.2) is 18.7 Å². The number of amides is 2. The Morgan fingerprint density at radius 3 is 2.41 bits per heavy atom. The molecule has 39 heavy (non-hydrogen) atoms. The van der Waals surface area contributed by atoms with Gasteiger partial charge >= 0.3 is 0 Å². The maximum atomic E-state index is 15.3. The van der Waals surface area contributed by atoms with E-state index in [-0.39, 0.29) is 47.3 Å². The Morgan fingerprint density at radius 1 is 1.05 bits per heavy atom. The smallest absolute Gasteiger partial charge is 0.255 e. The highest BCUT2D eigenvalue weighted by Gasteiger charge is 2.48. The van der Waals surface area contributed by atoms with Crippen LogP contribution in [0.4, 0.5) is 8.78 Å². The quantitative estimate of drug-likeness (QED) is 0.365. The van der Waals surface area contributed by atoms with Gasteiger partial charge in [-0.15, -0.1) is 0 Å². The molecule has 11 nitrogen and oxygen atoms in total. The summed E-state index contributed by atoms with van der Waals surface area (Å²) in [5.41, 5.74) is 0.0743. The van der Waals surface area contributed by atoms with E-state index >= 15 is 4.39 Å². The molecule has 1 aliphatic rings. The molecular weight excluding hydrogens is 512 g/mol. The minimum absolute atomic E-state index is 0.0299. The lowest BCUT2D eigenvalue weighted by Gasteiger charge is -2.40. The highest BCUT2D eigenvalue weighted by Crippen LogP contribution is 2.35. The van der Waals surface area contributed by atoms with E-state index < -0.39 is 35.0 Å². The van der Waals surface area contributed by atoms with Gasteiger partial charge in [-0.1, -0.05) is 11.2 Å². The van der Waals surface area contributed by atoms with E-state index in [0.717, 1.165) is 0 Å². The Kier molecular flexibility index (Phi) is 6.83. The van der Waals surface area contributed by atoms with E-state index in [9.17, 15) is 14.0 Å². The number of nitrogens with zero attached hydrogens (tertiary/aromatic N) is 5. The van der Waals surface area contributed by atoms with Crippen molar-refractivity contribution in [1.82, 2.24) is 35.7 Å². The van der Waals surface area contributed by atoms with E-state index in [1.54, 1.807) is 26.8 Å². The van der Waals surface area contributed by atoms with Gasteiger partial charge in [-0.2, -0.15) is 4.98 Å². The second-order valence-corrected chi connectivity index (χ2v) is 9.25. The zero-order valence-corrected chi connectivity index (χ0v) is 21.2. The van der Waals surface area contributed by atoms with Gasteiger partial charge in [0.1, 0.15) is 18.0 Å². The van der Waals surface area contributed by atoms with Gasteiger partial charge in [-0.3, -0.25) is 14.6 Å². The molecule has 0 saturated carbocycles. The first-order chi connectivity index (χ1) is 18.7. The predicted molar refractivity (Wildman–Crippen MR) is 132 cm³/mol. The van der Waals surface area contributed by atoms with Crippen LogP contribution in [0.15, 0.2) is 47.6 Å². The fourth-order valence-electron chi connectivity index (χ4n) is 4.19. The molecule has 5 rings (SSSR count). The third kappa shape index (κ3) is 5.08. The Bertz CT molecular complexity index is 1560. The largest absolute Gasteiger partial charge is 0.375 e. The number of hydrogen-bond acceptors (Lipinski definition) is 9. The van der Waals surface area contributed by atoms with Crippen molar-refractivity contribution >= 4 is 11.8 Å². The highest BCUT2D eigenvalue weighted by molar-refractivity contribution is 5.99. The number of rotatable bonds is 7. The molecule has 13 heteroatoms. The highest BCUT2D eigenvalue weighted by atomic mass is 19.1. The van der Waals surface area contributed by atoms with Crippen molar-refractivity contribution in [2.24, 2.45) is 0 Å². The van der Waals surface area contributed by atoms with Crippen LogP contribution in [-0.2, 0) is 9.53 Å². The van der Waals surface area contributed by atoms with Crippen LogP contribution in [0.5, 0.6) is 0 Å². The maximum absolute atomic E-state index is 15.3. The average molecular weight is 536 g/mol. The third-order valence-electron chi connectivity index (χ3n) is 6.23. The number of carbonyl (C=O) groups excluding carboxylic acids is 2. The Balaban J connectivity index is 1.37. The molecule has 0 radical (unpaired) electrons. The summed E-state index contributed by atoms with van der Waals surface area (Å²) in [6, 6.07) is 3.33. The summed E-state index contributed by atoms with van der Waals surface area (Å²) in [7, 11) is 0. The lowest BCUT2D eigenvalue weighted by Crippen LogP contribution is -2.70. The lowest BCUT2D eigenvalue weighted by molar-refractivity contribution is -0.147. The van der Waals surface area contributed by atoms with Gasteiger partial charge in [-0.05, 0) is 37.1 Å². The Hall–Kier alpha value is -4.65. The molecule has 3 aromatic heterocycles. The van der Waals surface area contributed by atoms with Crippen LogP contribution in [0.25, 0.3) is 22.5 Å². The lowest BCUT2D eigenvalue weighted by atomic mass is 9.94. The first-order valence-corrected chi connectivity index (χ1v) is 11.9. The SMILES string of the molecule is Cc1cc(F)c(-c2noc(C)n2)c(-c2cnc([C@@H](C)NC(=O)C3(NC(=O)c4cncnc4)COC3)c(F)c2)c1. The van der Waals surface area contributed by atoms with Crippen molar-refractivity contribution in [3.05, 3.63) is 77.5 Å². The molecule has 0 spiro atoms. The zero-order valence-electron chi connectivity index (χ0n) is 21.2. The Morgan fingerprint density at radius 2 is 1.79 bits per heavy atom. The standard InChI is InChI=1S/C26H23F2N7O4/c1-13-4-18(21(19(27)5-13)23-33-15(3)39-35-23)16-6-20(28)22(31-9-16)14(2)32-25(37)26(10-38-11-26)34-24(36)17-7-29-12-30-8-17/h4-9,12,14H,10-11H2,1-3H3,(H,32,37)(H,34,36)/t14-/m1/s1. The molecule has 2 N–H and O–H groups in total. The number of nitrogens with one attached hydrogen (secondary N) is 2. The molecule has 1 aliphatic heterocycles.